The van der Waals surface area contributed by atoms with E-state index >= 15 is 0 Å². The number of hydrogen-bond acceptors (Lipinski definition) is 5. The second kappa shape index (κ2) is 48.7. The van der Waals surface area contributed by atoms with Crippen molar-refractivity contribution < 1.29 is 24.5 Å². The van der Waals surface area contributed by atoms with Gasteiger partial charge in [0.1, 0.15) is 0 Å². The highest BCUT2D eigenvalue weighted by Gasteiger charge is 2.18. The van der Waals surface area contributed by atoms with Gasteiger partial charge in [-0.1, -0.05) is 217 Å². The van der Waals surface area contributed by atoms with Crippen molar-refractivity contribution >= 4 is 11.9 Å². The van der Waals surface area contributed by atoms with Crippen molar-refractivity contribution in [1.82, 2.24) is 5.32 Å². The number of rotatable bonds is 47. The first kappa shape index (κ1) is 57.1. The molecule has 346 valence electrons. The molecule has 0 aromatic carbocycles. The molecule has 0 radical (unpaired) electrons. The predicted octanol–water partition coefficient (Wildman–Crippen LogP) is 15.3. The molecule has 0 bridgehead atoms. The van der Waals surface area contributed by atoms with Crippen LogP contribution in [-0.2, 0) is 14.3 Å². The molecular weight excluding hydrogens is 731 g/mol. The van der Waals surface area contributed by atoms with E-state index in [0.29, 0.717) is 19.4 Å². The third-order valence-electron chi connectivity index (χ3n) is 11.7. The zero-order valence-electron chi connectivity index (χ0n) is 39.2. The van der Waals surface area contributed by atoms with Crippen LogP contribution in [0.1, 0.15) is 264 Å². The Bertz CT molecular complexity index is 962. The number of nitrogens with one attached hydrogen (secondary N) is 1. The summed E-state index contributed by atoms with van der Waals surface area (Å²) in [6.07, 6.45) is 58.6. The van der Waals surface area contributed by atoms with Crippen molar-refractivity contribution in [2.45, 2.75) is 276 Å². The number of esters is 1. The number of carbonyl (C=O) groups is 2. The highest BCUT2D eigenvalue weighted by atomic mass is 16.5. The first-order valence-electron chi connectivity index (χ1n) is 25.8. The van der Waals surface area contributed by atoms with E-state index in [9.17, 15) is 19.8 Å². The third kappa shape index (κ3) is 45.4. The van der Waals surface area contributed by atoms with Crippen LogP contribution in [0.3, 0.4) is 0 Å². The Kier molecular flexibility index (Phi) is 47.2. The fourth-order valence-corrected chi connectivity index (χ4v) is 7.66. The van der Waals surface area contributed by atoms with Gasteiger partial charge in [0, 0.05) is 12.8 Å². The Morgan fingerprint density at radius 1 is 0.475 bits per heavy atom. The molecule has 0 spiro atoms. The molecule has 59 heavy (non-hydrogen) atoms. The molecule has 2 atom stereocenters. The van der Waals surface area contributed by atoms with Crippen molar-refractivity contribution in [3.63, 3.8) is 0 Å². The Morgan fingerprint density at radius 2 is 0.847 bits per heavy atom. The van der Waals surface area contributed by atoms with Crippen molar-refractivity contribution in [2.24, 2.45) is 0 Å². The fraction of sp³-hybridized carbons (Fsp3) is 0.849. The van der Waals surface area contributed by atoms with Crippen molar-refractivity contribution in [1.29, 1.82) is 0 Å². The van der Waals surface area contributed by atoms with Gasteiger partial charge in [-0.25, -0.2) is 0 Å². The summed E-state index contributed by atoms with van der Waals surface area (Å²) in [6, 6.07) is -0.639. The first-order valence-corrected chi connectivity index (χ1v) is 25.8. The van der Waals surface area contributed by atoms with Gasteiger partial charge in [-0.3, -0.25) is 9.59 Å². The number of ether oxygens (including phenoxy) is 1. The summed E-state index contributed by atoms with van der Waals surface area (Å²) < 4.78 is 5.43. The lowest BCUT2D eigenvalue weighted by atomic mass is 10.0. The van der Waals surface area contributed by atoms with E-state index in [1.54, 1.807) is 6.08 Å². The van der Waals surface area contributed by atoms with E-state index in [0.717, 1.165) is 83.5 Å². The molecule has 0 aromatic heterocycles. The maximum Gasteiger partial charge on any atom is 0.305 e. The monoisotopic (exact) mass is 830 g/mol. The molecule has 0 aliphatic rings. The molecule has 3 N–H and O–H groups in total. The van der Waals surface area contributed by atoms with Crippen LogP contribution in [0.2, 0.25) is 0 Å². The SMILES string of the molecule is CCCCCCCCCCCCC/C=C/C(O)C(CO)NC(=O)CCCCCCCCC/C=C\C/C=C\CCCCCOC(=O)CCCCCCCCCCCCCC. The van der Waals surface area contributed by atoms with Crippen LogP contribution < -0.4 is 5.32 Å². The molecule has 0 aliphatic heterocycles. The van der Waals surface area contributed by atoms with Gasteiger partial charge in [0.25, 0.3) is 0 Å². The van der Waals surface area contributed by atoms with Gasteiger partial charge in [-0.2, -0.15) is 0 Å². The van der Waals surface area contributed by atoms with E-state index in [2.05, 4.69) is 43.5 Å². The smallest absolute Gasteiger partial charge is 0.305 e. The second-order valence-electron chi connectivity index (χ2n) is 17.5. The van der Waals surface area contributed by atoms with Crippen LogP contribution in [0, 0.1) is 0 Å². The van der Waals surface area contributed by atoms with E-state index in [-0.39, 0.29) is 18.5 Å². The molecule has 0 fully saturated rings. The summed E-state index contributed by atoms with van der Waals surface area (Å²) in [5, 5.41) is 23.0. The van der Waals surface area contributed by atoms with Crippen LogP contribution in [-0.4, -0.2) is 47.4 Å². The lowest BCUT2D eigenvalue weighted by molar-refractivity contribution is -0.143. The molecule has 0 rings (SSSR count). The molecular formula is C53H99NO5. The summed E-state index contributed by atoms with van der Waals surface area (Å²) in [5.41, 5.74) is 0. The van der Waals surface area contributed by atoms with Crippen molar-refractivity contribution in [2.75, 3.05) is 13.2 Å². The molecule has 0 aromatic rings. The van der Waals surface area contributed by atoms with E-state index in [1.807, 2.05) is 6.08 Å². The minimum atomic E-state index is -0.854. The van der Waals surface area contributed by atoms with Crippen LogP contribution in [0.25, 0.3) is 0 Å². The molecule has 0 saturated carbocycles. The predicted molar refractivity (Wildman–Crippen MR) is 255 cm³/mol. The van der Waals surface area contributed by atoms with Crippen molar-refractivity contribution in [3.8, 4) is 0 Å². The summed E-state index contributed by atoms with van der Waals surface area (Å²) in [7, 11) is 0. The Hall–Kier alpha value is -1.92. The average molecular weight is 830 g/mol. The van der Waals surface area contributed by atoms with Gasteiger partial charge in [0.2, 0.25) is 5.91 Å². The summed E-state index contributed by atoms with van der Waals surface area (Å²) in [6.45, 7) is 4.84. The molecule has 6 nitrogen and oxygen atoms in total. The zero-order chi connectivity index (χ0) is 43.0. The Balaban J connectivity index is 3.54. The summed E-state index contributed by atoms with van der Waals surface area (Å²) >= 11 is 0. The summed E-state index contributed by atoms with van der Waals surface area (Å²) in [5.74, 6) is -0.102. The Labute approximate surface area is 366 Å². The first-order chi connectivity index (χ1) is 29.0. The lowest BCUT2D eigenvalue weighted by Crippen LogP contribution is -2.45. The van der Waals surface area contributed by atoms with E-state index in [4.69, 9.17) is 4.74 Å². The molecule has 0 saturated heterocycles. The zero-order valence-corrected chi connectivity index (χ0v) is 39.2. The maximum absolute atomic E-state index is 12.4. The van der Waals surface area contributed by atoms with Crippen LogP contribution in [0.5, 0.6) is 0 Å². The molecule has 0 heterocycles. The minimum absolute atomic E-state index is 0.0164. The second-order valence-corrected chi connectivity index (χ2v) is 17.5. The quantitative estimate of drug-likeness (QED) is 0.0323. The van der Waals surface area contributed by atoms with Crippen LogP contribution in [0.4, 0.5) is 0 Å². The highest BCUT2D eigenvalue weighted by Crippen LogP contribution is 2.15. The molecule has 2 unspecified atom stereocenters. The maximum atomic E-state index is 12.4. The Morgan fingerprint density at radius 3 is 1.29 bits per heavy atom. The standard InChI is InChI=1S/C53H99NO5/c1-3-5-7-9-11-13-15-22-25-29-33-37-41-45-51(56)50(49-55)54-52(57)46-42-38-34-30-26-23-20-18-17-19-21-24-28-32-36-40-44-48-59-53(58)47-43-39-35-31-27-16-14-12-10-8-6-4-2/h17,19,24,28,41,45,50-51,55-56H,3-16,18,20-23,25-27,29-40,42-44,46-49H2,1-2H3,(H,54,57)/b19-17-,28-24-,45-41+. The normalized spacial score (nSPS) is 12.9. The third-order valence-corrected chi connectivity index (χ3v) is 11.7. The largest absolute Gasteiger partial charge is 0.466 e. The minimum Gasteiger partial charge on any atom is -0.466 e. The number of amides is 1. The fourth-order valence-electron chi connectivity index (χ4n) is 7.66. The van der Waals surface area contributed by atoms with Crippen LogP contribution in [0.15, 0.2) is 36.5 Å². The lowest BCUT2D eigenvalue weighted by Gasteiger charge is -2.20. The number of allylic oxidation sites excluding steroid dienone is 5. The topological polar surface area (TPSA) is 95.9 Å². The number of carbonyl (C=O) groups excluding carboxylic acids is 2. The van der Waals surface area contributed by atoms with Gasteiger partial charge in [0.05, 0.1) is 25.4 Å². The average Bonchev–Trinajstić information content (AvgIpc) is 3.24. The number of hydrogen-bond donors (Lipinski definition) is 3. The van der Waals surface area contributed by atoms with E-state index < -0.39 is 12.1 Å². The van der Waals surface area contributed by atoms with Gasteiger partial charge >= 0.3 is 5.97 Å². The molecule has 6 heteroatoms. The van der Waals surface area contributed by atoms with Gasteiger partial charge in [-0.05, 0) is 70.6 Å². The summed E-state index contributed by atoms with van der Waals surface area (Å²) in [4.78, 5) is 24.4. The van der Waals surface area contributed by atoms with Crippen LogP contribution >= 0.6 is 0 Å². The number of aliphatic hydroxyl groups is 2. The van der Waals surface area contributed by atoms with Gasteiger partial charge < -0.3 is 20.3 Å². The number of unbranched alkanes of at least 4 members (excludes halogenated alkanes) is 32. The molecule has 1 amide bonds. The van der Waals surface area contributed by atoms with Crippen molar-refractivity contribution in [3.05, 3.63) is 36.5 Å². The van der Waals surface area contributed by atoms with Gasteiger partial charge in [-0.15, -0.1) is 0 Å². The van der Waals surface area contributed by atoms with E-state index in [1.165, 1.54) is 154 Å². The highest BCUT2D eigenvalue weighted by molar-refractivity contribution is 5.76. The molecule has 0 aliphatic carbocycles. The number of aliphatic hydroxyl groups excluding tert-OH is 2. The van der Waals surface area contributed by atoms with Gasteiger partial charge in [0.15, 0.2) is 0 Å².